The fraction of sp³-hybridized carbons (Fsp3) is 0.611. The van der Waals surface area contributed by atoms with E-state index in [9.17, 15) is 13.2 Å². The van der Waals surface area contributed by atoms with Crippen molar-refractivity contribution in [3.05, 3.63) is 29.8 Å². The summed E-state index contributed by atoms with van der Waals surface area (Å²) in [4.78, 5) is 14.3. The van der Waals surface area contributed by atoms with Crippen LogP contribution in [0, 0.1) is 0 Å². The third-order valence-electron chi connectivity index (χ3n) is 4.86. The lowest BCUT2D eigenvalue weighted by atomic mass is 10.00. The summed E-state index contributed by atoms with van der Waals surface area (Å²) in [6, 6.07) is 5.86. The Morgan fingerprint density at radius 3 is 2.36 bits per heavy atom. The molecule has 1 fully saturated rings. The highest BCUT2D eigenvalue weighted by Gasteiger charge is 2.35. The van der Waals surface area contributed by atoms with Crippen molar-refractivity contribution in [2.24, 2.45) is 5.73 Å². The normalized spacial score (nSPS) is 20.2. The van der Waals surface area contributed by atoms with Gasteiger partial charge in [0.1, 0.15) is 0 Å². The fourth-order valence-corrected chi connectivity index (χ4v) is 5.13. The second-order valence-electron chi connectivity index (χ2n) is 6.54. The zero-order chi connectivity index (χ0) is 18.6. The maximum absolute atomic E-state index is 13.0. The average molecular weight is 368 g/mol. The molecule has 0 bridgehead atoms. The van der Waals surface area contributed by atoms with Gasteiger partial charge in [0, 0.05) is 37.3 Å². The molecule has 0 saturated carbocycles. The highest BCUT2D eigenvalue weighted by Crippen LogP contribution is 2.27. The van der Waals surface area contributed by atoms with E-state index in [1.807, 2.05) is 20.8 Å². The van der Waals surface area contributed by atoms with Crippen molar-refractivity contribution in [3.8, 4) is 0 Å². The second kappa shape index (κ2) is 8.29. The van der Waals surface area contributed by atoms with Crippen molar-refractivity contribution in [1.29, 1.82) is 0 Å². The maximum atomic E-state index is 13.0. The van der Waals surface area contributed by atoms with Crippen LogP contribution in [-0.4, -0.2) is 55.2 Å². The highest BCUT2D eigenvalue weighted by molar-refractivity contribution is 7.89. The van der Waals surface area contributed by atoms with Crippen LogP contribution in [0.5, 0.6) is 0 Å². The third kappa shape index (κ3) is 4.22. The minimum Gasteiger partial charge on any atom is -0.339 e. The van der Waals surface area contributed by atoms with Gasteiger partial charge in [0.2, 0.25) is 10.0 Å². The van der Waals surface area contributed by atoms with E-state index in [0.29, 0.717) is 25.2 Å². The van der Waals surface area contributed by atoms with E-state index in [1.165, 1.54) is 16.4 Å². The Kier molecular flexibility index (Phi) is 6.59. The van der Waals surface area contributed by atoms with Gasteiger partial charge in [-0.05, 0) is 57.9 Å². The minimum atomic E-state index is -3.60. The first-order valence-corrected chi connectivity index (χ1v) is 10.4. The first kappa shape index (κ1) is 19.9. The summed E-state index contributed by atoms with van der Waals surface area (Å²) in [5.41, 5.74) is 6.51. The number of benzene rings is 1. The van der Waals surface area contributed by atoms with Crippen molar-refractivity contribution in [3.63, 3.8) is 0 Å². The molecule has 6 nitrogen and oxygen atoms in total. The summed E-state index contributed by atoms with van der Waals surface area (Å²) >= 11 is 0. The molecular weight excluding hydrogens is 338 g/mol. The first-order chi connectivity index (χ1) is 11.8. The van der Waals surface area contributed by atoms with Crippen LogP contribution in [0.3, 0.4) is 0 Å². The van der Waals surface area contributed by atoms with E-state index in [-0.39, 0.29) is 22.9 Å². The summed E-state index contributed by atoms with van der Waals surface area (Å²) in [6.07, 6.45) is 2.63. The lowest BCUT2D eigenvalue weighted by molar-refractivity contribution is 0.0773. The Morgan fingerprint density at radius 2 is 1.84 bits per heavy atom. The predicted molar refractivity (Wildman–Crippen MR) is 98.9 cm³/mol. The number of carbonyl (C=O) groups excluding carboxylic acids is 1. The molecule has 25 heavy (non-hydrogen) atoms. The van der Waals surface area contributed by atoms with Crippen molar-refractivity contribution in [2.75, 3.05) is 19.6 Å². The van der Waals surface area contributed by atoms with Gasteiger partial charge in [0.25, 0.3) is 5.91 Å². The third-order valence-corrected chi connectivity index (χ3v) is 6.80. The van der Waals surface area contributed by atoms with E-state index in [2.05, 4.69) is 0 Å². The molecule has 1 aliphatic heterocycles. The molecule has 2 rings (SSSR count). The summed E-state index contributed by atoms with van der Waals surface area (Å²) in [5, 5.41) is 0. The topological polar surface area (TPSA) is 83.7 Å². The number of amides is 1. The maximum Gasteiger partial charge on any atom is 0.253 e. The zero-order valence-corrected chi connectivity index (χ0v) is 16.1. The smallest absolute Gasteiger partial charge is 0.253 e. The lowest BCUT2D eigenvalue weighted by Gasteiger charge is -2.36. The molecule has 140 valence electrons. The molecule has 2 N–H and O–H groups in total. The molecule has 2 unspecified atom stereocenters. The number of carbonyl (C=O) groups is 1. The van der Waals surface area contributed by atoms with Crippen LogP contribution >= 0.6 is 0 Å². The SMILES string of the molecule is CCN(CC)C(=O)c1ccc(S(=O)(=O)N2CCCCC2C(C)N)cc1. The van der Waals surface area contributed by atoms with E-state index in [0.717, 1.165) is 19.3 Å². The van der Waals surface area contributed by atoms with E-state index < -0.39 is 10.0 Å². The Bertz CT molecular complexity index is 682. The van der Waals surface area contributed by atoms with Crippen LogP contribution in [0.25, 0.3) is 0 Å². The standard InChI is InChI=1S/C18H29N3O3S/c1-4-20(5-2)18(22)15-9-11-16(12-10-15)25(23,24)21-13-7-6-8-17(21)14(3)19/h9-12,14,17H,4-8,13,19H2,1-3H3. The Morgan fingerprint density at radius 1 is 1.24 bits per heavy atom. The Labute approximate surface area is 151 Å². The number of hydrogen-bond donors (Lipinski definition) is 1. The summed E-state index contributed by atoms with van der Waals surface area (Å²) < 4.78 is 27.5. The van der Waals surface area contributed by atoms with Gasteiger partial charge < -0.3 is 10.6 Å². The molecular formula is C18H29N3O3S. The van der Waals surface area contributed by atoms with Crippen LogP contribution in [-0.2, 0) is 10.0 Å². The van der Waals surface area contributed by atoms with E-state index in [4.69, 9.17) is 5.73 Å². The molecule has 1 amide bonds. The number of piperidine rings is 1. The number of rotatable bonds is 6. The van der Waals surface area contributed by atoms with Crippen molar-refractivity contribution in [1.82, 2.24) is 9.21 Å². The predicted octanol–water partition coefficient (Wildman–Crippen LogP) is 2.06. The van der Waals surface area contributed by atoms with Crippen LogP contribution in [0.4, 0.5) is 0 Å². The molecule has 1 heterocycles. The van der Waals surface area contributed by atoms with Crippen molar-refractivity contribution >= 4 is 15.9 Å². The lowest BCUT2D eigenvalue weighted by Crippen LogP contribution is -2.51. The summed E-state index contributed by atoms with van der Waals surface area (Å²) in [7, 11) is -3.60. The quantitative estimate of drug-likeness (QED) is 0.834. The van der Waals surface area contributed by atoms with Crippen molar-refractivity contribution < 1.29 is 13.2 Å². The highest BCUT2D eigenvalue weighted by atomic mass is 32.2. The van der Waals surface area contributed by atoms with E-state index in [1.54, 1.807) is 17.0 Å². The van der Waals surface area contributed by atoms with Crippen LogP contribution in [0.2, 0.25) is 0 Å². The number of nitrogens with zero attached hydrogens (tertiary/aromatic N) is 2. The van der Waals surface area contributed by atoms with Gasteiger partial charge >= 0.3 is 0 Å². The van der Waals surface area contributed by atoms with Gasteiger partial charge in [-0.15, -0.1) is 0 Å². The number of sulfonamides is 1. The second-order valence-corrected chi connectivity index (χ2v) is 8.43. The molecule has 1 saturated heterocycles. The molecule has 1 aliphatic rings. The number of hydrogen-bond acceptors (Lipinski definition) is 4. The number of nitrogens with two attached hydrogens (primary N) is 1. The van der Waals surface area contributed by atoms with Gasteiger partial charge in [0.05, 0.1) is 4.90 Å². The minimum absolute atomic E-state index is 0.0830. The van der Waals surface area contributed by atoms with Gasteiger partial charge in [-0.2, -0.15) is 4.31 Å². The monoisotopic (exact) mass is 367 g/mol. The van der Waals surface area contributed by atoms with Gasteiger partial charge in [0.15, 0.2) is 0 Å². The summed E-state index contributed by atoms with van der Waals surface area (Å²) in [6.45, 7) is 7.44. The van der Waals surface area contributed by atoms with Crippen LogP contribution in [0.1, 0.15) is 50.4 Å². The van der Waals surface area contributed by atoms with Crippen LogP contribution in [0.15, 0.2) is 29.2 Å². The van der Waals surface area contributed by atoms with E-state index >= 15 is 0 Å². The molecule has 0 aliphatic carbocycles. The van der Waals surface area contributed by atoms with Gasteiger partial charge in [-0.3, -0.25) is 4.79 Å². The van der Waals surface area contributed by atoms with Gasteiger partial charge in [-0.25, -0.2) is 8.42 Å². The molecule has 0 aromatic heterocycles. The first-order valence-electron chi connectivity index (χ1n) is 8.99. The largest absolute Gasteiger partial charge is 0.339 e. The molecule has 1 aromatic carbocycles. The average Bonchev–Trinajstić information content (AvgIpc) is 2.62. The molecule has 0 spiro atoms. The Hall–Kier alpha value is -1.44. The summed E-state index contributed by atoms with van der Waals surface area (Å²) in [5.74, 6) is -0.0830. The van der Waals surface area contributed by atoms with Crippen LogP contribution < -0.4 is 5.73 Å². The Balaban J connectivity index is 2.27. The molecule has 7 heteroatoms. The van der Waals surface area contributed by atoms with Crippen molar-refractivity contribution in [2.45, 2.75) is 57.0 Å². The zero-order valence-electron chi connectivity index (χ0n) is 15.3. The molecule has 2 atom stereocenters. The molecule has 1 aromatic rings. The molecule has 0 radical (unpaired) electrons. The fourth-order valence-electron chi connectivity index (χ4n) is 3.35. The van der Waals surface area contributed by atoms with Gasteiger partial charge in [-0.1, -0.05) is 6.42 Å².